The Hall–Kier alpha value is -1.62. The van der Waals surface area contributed by atoms with Gasteiger partial charge in [-0.15, -0.1) is 0 Å². The van der Waals surface area contributed by atoms with E-state index in [0.717, 1.165) is 36.3 Å². The van der Waals surface area contributed by atoms with Gasteiger partial charge in [0.25, 0.3) is 5.91 Å². The zero-order valence-corrected chi connectivity index (χ0v) is 12.0. The van der Waals surface area contributed by atoms with Gasteiger partial charge >= 0.3 is 0 Å². The van der Waals surface area contributed by atoms with E-state index >= 15 is 0 Å². The van der Waals surface area contributed by atoms with Crippen LogP contribution in [0.1, 0.15) is 46.2 Å². The fraction of sp³-hybridized carbons (Fsp3) is 0.429. The maximum Gasteiger partial charge on any atom is 0.258 e. The van der Waals surface area contributed by atoms with Crippen molar-refractivity contribution in [2.24, 2.45) is 0 Å². The second-order valence-corrected chi connectivity index (χ2v) is 5.80. The molecule has 3 rings (SSSR count). The van der Waals surface area contributed by atoms with Gasteiger partial charge in [0.15, 0.2) is 0 Å². The lowest BCUT2D eigenvalue weighted by atomic mass is 10.1. The van der Waals surface area contributed by atoms with Crippen molar-refractivity contribution in [3.05, 3.63) is 39.3 Å². The van der Waals surface area contributed by atoms with Crippen LogP contribution in [0.15, 0.2) is 16.8 Å². The van der Waals surface area contributed by atoms with E-state index in [1.54, 1.807) is 11.3 Å². The number of thiophene rings is 1. The van der Waals surface area contributed by atoms with Crippen molar-refractivity contribution >= 4 is 17.2 Å². The van der Waals surface area contributed by atoms with Crippen molar-refractivity contribution in [1.29, 1.82) is 0 Å². The van der Waals surface area contributed by atoms with Crippen LogP contribution in [0.25, 0.3) is 0 Å². The standard InChI is InChI=1S/C14H17N3OS/c1-9-13(10(2)16-15-9)14(18)17-6-3-4-12(17)11-5-7-19-8-11/h5,7-8,12H,3-4,6H2,1-2H3,(H,15,16). The SMILES string of the molecule is Cc1n[nH]c(C)c1C(=O)N1CCCC1c1ccsc1. The summed E-state index contributed by atoms with van der Waals surface area (Å²) in [4.78, 5) is 14.7. The normalized spacial score (nSPS) is 19.1. The highest BCUT2D eigenvalue weighted by atomic mass is 32.1. The lowest BCUT2D eigenvalue weighted by molar-refractivity contribution is 0.0734. The quantitative estimate of drug-likeness (QED) is 0.915. The van der Waals surface area contributed by atoms with Crippen molar-refractivity contribution in [3.63, 3.8) is 0 Å². The van der Waals surface area contributed by atoms with Gasteiger partial charge in [-0.05, 0) is 49.1 Å². The molecular formula is C14H17N3OS. The first kappa shape index (κ1) is 12.4. The molecule has 1 atom stereocenters. The molecule has 0 bridgehead atoms. The van der Waals surface area contributed by atoms with E-state index in [0.29, 0.717) is 0 Å². The molecule has 2 aromatic heterocycles. The van der Waals surface area contributed by atoms with Gasteiger partial charge in [0.1, 0.15) is 0 Å². The number of aryl methyl sites for hydroxylation is 2. The minimum Gasteiger partial charge on any atom is -0.331 e. The molecule has 5 heteroatoms. The minimum atomic E-state index is 0.109. The summed E-state index contributed by atoms with van der Waals surface area (Å²) in [6.45, 7) is 4.62. The maximum atomic E-state index is 12.7. The Morgan fingerprint density at radius 3 is 3.00 bits per heavy atom. The predicted molar refractivity (Wildman–Crippen MR) is 75.4 cm³/mol. The fourth-order valence-corrected chi connectivity index (χ4v) is 3.54. The first-order chi connectivity index (χ1) is 9.18. The molecule has 0 radical (unpaired) electrons. The topological polar surface area (TPSA) is 49.0 Å². The minimum absolute atomic E-state index is 0.109. The zero-order chi connectivity index (χ0) is 13.4. The number of amides is 1. The number of likely N-dealkylation sites (tertiary alicyclic amines) is 1. The average molecular weight is 275 g/mol. The maximum absolute atomic E-state index is 12.7. The van der Waals surface area contributed by atoms with Crippen LogP contribution >= 0.6 is 11.3 Å². The van der Waals surface area contributed by atoms with Crippen molar-refractivity contribution in [2.75, 3.05) is 6.54 Å². The number of hydrogen-bond acceptors (Lipinski definition) is 3. The molecule has 1 aliphatic heterocycles. The molecule has 2 aromatic rings. The number of nitrogens with zero attached hydrogens (tertiary/aromatic N) is 2. The van der Waals surface area contributed by atoms with Crippen molar-refractivity contribution in [1.82, 2.24) is 15.1 Å². The number of carbonyl (C=O) groups is 1. The van der Waals surface area contributed by atoms with Crippen LogP contribution in [0.2, 0.25) is 0 Å². The smallest absolute Gasteiger partial charge is 0.258 e. The fourth-order valence-electron chi connectivity index (χ4n) is 2.83. The van der Waals surface area contributed by atoms with E-state index < -0.39 is 0 Å². The van der Waals surface area contributed by atoms with Crippen molar-refractivity contribution in [2.45, 2.75) is 32.7 Å². The van der Waals surface area contributed by atoms with Gasteiger partial charge in [-0.25, -0.2) is 0 Å². The van der Waals surface area contributed by atoms with Gasteiger partial charge in [-0.2, -0.15) is 16.4 Å². The second kappa shape index (κ2) is 4.81. The van der Waals surface area contributed by atoms with E-state index in [1.807, 2.05) is 18.7 Å². The van der Waals surface area contributed by atoms with E-state index in [1.165, 1.54) is 5.56 Å². The number of aromatic amines is 1. The summed E-state index contributed by atoms with van der Waals surface area (Å²) in [5.74, 6) is 0.109. The van der Waals surface area contributed by atoms with Crippen LogP contribution in [-0.2, 0) is 0 Å². The van der Waals surface area contributed by atoms with Gasteiger partial charge in [-0.1, -0.05) is 0 Å². The molecule has 4 nitrogen and oxygen atoms in total. The number of H-pyrrole nitrogens is 1. The Bertz CT molecular complexity index is 568. The third-order valence-electron chi connectivity index (χ3n) is 3.78. The molecule has 1 aliphatic rings. The monoisotopic (exact) mass is 275 g/mol. The number of nitrogens with one attached hydrogen (secondary N) is 1. The second-order valence-electron chi connectivity index (χ2n) is 5.02. The molecule has 1 unspecified atom stereocenters. The number of aromatic nitrogens is 2. The molecule has 0 saturated carbocycles. The average Bonchev–Trinajstić information content (AvgIpc) is 3.08. The van der Waals surface area contributed by atoms with E-state index in [2.05, 4.69) is 27.0 Å². The third-order valence-corrected chi connectivity index (χ3v) is 4.49. The van der Waals surface area contributed by atoms with Crippen LogP contribution in [0.4, 0.5) is 0 Å². The van der Waals surface area contributed by atoms with E-state index in [4.69, 9.17) is 0 Å². The van der Waals surface area contributed by atoms with Gasteiger partial charge in [0.05, 0.1) is 17.3 Å². The Morgan fingerprint density at radius 2 is 2.37 bits per heavy atom. The van der Waals surface area contributed by atoms with E-state index in [-0.39, 0.29) is 11.9 Å². The van der Waals surface area contributed by atoms with Crippen molar-refractivity contribution in [3.8, 4) is 0 Å². The lowest BCUT2D eigenvalue weighted by Crippen LogP contribution is -2.31. The lowest BCUT2D eigenvalue weighted by Gasteiger charge is -2.24. The van der Waals surface area contributed by atoms with Crippen molar-refractivity contribution < 1.29 is 4.79 Å². The Labute approximate surface area is 116 Å². The van der Waals surface area contributed by atoms with Gasteiger partial charge < -0.3 is 4.90 Å². The number of carbonyl (C=O) groups excluding carboxylic acids is 1. The molecule has 100 valence electrons. The molecule has 0 spiro atoms. The molecule has 0 aromatic carbocycles. The molecule has 1 fully saturated rings. The summed E-state index contributed by atoms with van der Waals surface area (Å²) in [5.41, 5.74) is 3.65. The van der Waals surface area contributed by atoms with Crippen LogP contribution < -0.4 is 0 Å². The summed E-state index contributed by atoms with van der Waals surface area (Å²) in [6, 6.07) is 2.35. The largest absolute Gasteiger partial charge is 0.331 e. The van der Waals surface area contributed by atoms with Gasteiger partial charge in [0, 0.05) is 12.2 Å². The van der Waals surface area contributed by atoms with Gasteiger partial charge in [-0.3, -0.25) is 9.89 Å². The van der Waals surface area contributed by atoms with E-state index in [9.17, 15) is 4.79 Å². The third kappa shape index (κ3) is 2.08. The highest BCUT2D eigenvalue weighted by Crippen LogP contribution is 2.34. The number of hydrogen-bond donors (Lipinski definition) is 1. The summed E-state index contributed by atoms with van der Waals surface area (Å²) in [5, 5.41) is 11.2. The van der Waals surface area contributed by atoms with Crippen LogP contribution in [0.3, 0.4) is 0 Å². The van der Waals surface area contributed by atoms with Crippen LogP contribution in [0, 0.1) is 13.8 Å². The molecule has 1 saturated heterocycles. The Morgan fingerprint density at radius 1 is 1.53 bits per heavy atom. The highest BCUT2D eigenvalue weighted by molar-refractivity contribution is 7.07. The summed E-state index contributed by atoms with van der Waals surface area (Å²) in [7, 11) is 0. The zero-order valence-electron chi connectivity index (χ0n) is 11.1. The van der Waals surface area contributed by atoms with Crippen LogP contribution in [0.5, 0.6) is 0 Å². The molecule has 3 heterocycles. The first-order valence-electron chi connectivity index (χ1n) is 6.53. The summed E-state index contributed by atoms with van der Waals surface area (Å²) in [6.07, 6.45) is 2.13. The molecule has 1 N–H and O–H groups in total. The molecule has 19 heavy (non-hydrogen) atoms. The summed E-state index contributed by atoms with van der Waals surface area (Å²) >= 11 is 1.69. The Kier molecular flexibility index (Phi) is 3.14. The molecule has 1 amide bonds. The first-order valence-corrected chi connectivity index (χ1v) is 7.47. The Balaban J connectivity index is 1.91. The van der Waals surface area contributed by atoms with Crippen LogP contribution in [-0.4, -0.2) is 27.5 Å². The highest BCUT2D eigenvalue weighted by Gasteiger charge is 2.32. The molecule has 0 aliphatic carbocycles. The summed E-state index contributed by atoms with van der Waals surface area (Å²) < 4.78 is 0. The number of rotatable bonds is 2. The predicted octanol–water partition coefficient (Wildman–Crippen LogP) is 3.07. The van der Waals surface area contributed by atoms with Gasteiger partial charge in [0.2, 0.25) is 0 Å². The molecular weight excluding hydrogens is 258 g/mol.